The smallest absolute Gasteiger partial charge is 0.303 e. The summed E-state index contributed by atoms with van der Waals surface area (Å²) in [5.41, 5.74) is 3.68. The summed E-state index contributed by atoms with van der Waals surface area (Å²) in [7, 11) is 0. The predicted octanol–water partition coefficient (Wildman–Crippen LogP) is 4.67. The van der Waals surface area contributed by atoms with Crippen LogP contribution in [0.15, 0.2) is 36.4 Å². The van der Waals surface area contributed by atoms with Crippen LogP contribution >= 0.6 is 0 Å². The molecule has 3 rings (SSSR count). The highest BCUT2D eigenvalue weighted by Crippen LogP contribution is 2.38. The SMILES string of the molecule is CC(C)CNc1ccc(COc2ccc3c(c2)OCCC3CC(=O)O)cc1C=N. The lowest BCUT2D eigenvalue weighted by Gasteiger charge is -2.25. The number of nitrogens with one attached hydrogen (secondary N) is 2. The largest absolute Gasteiger partial charge is 0.493 e. The van der Waals surface area contributed by atoms with Gasteiger partial charge in [0.1, 0.15) is 18.1 Å². The standard InChI is InChI=1S/C23H28N2O4/c1-15(2)13-25-21-6-3-16(9-18(21)12-24)14-29-19-4-5-20-17(10-23(26)27)7-8-28-22(20)11-19/h3-6,9,11-12,15,17,24-25H,7-8,10,13-14H2,1-2H3,(H,26,27). The third-order valence-electron chi connectivity index (χ3n) is 4.95. The number of carboxylic acid groups (broad SMARTS) is 1. The molecule has 1 heterocycles. The van der Waals surface area contributed by atoms with E-state index in [0.717, 1.165) is 28.9 Å². The van der Waals surface area contributed by atoms with Crippen LogP contribution in [0.5, 0.6) is 11.5 Å². The lowest BCUT2D eigenvalue weighted by atomic mass is 9.90. The van der Waals surface area contributed by atoms with Gasteiger partial charge >= 0.3 is 5.97 Å². The molecule has 29 heavy (non-hydrogen) atoms. The van der Waals surface area contributed by atoms with Gasteiger partial charge in [-0.05, 0) is 41.7 Å². The van der Waals surface area contributed by atoms with E-state index in [2.05, 4.69) is 19.2 Å². The Hall–Kier alpha value is -3.02. The van der Waals surface area contributed by atoms with Crippen LogP contribution in [0.4, 0.5) is 5.69 Å². The van der Waals surface area contributed by atoms with Crippen molar-refractivity contribution in [3.05, 3.63) is 53.1 Å². The van der Waals surface area contributed by atoms with E-state index in [0.29, 0.717) is 37.1 Å². The topological polar surface area (TPSA) is 91.6 Å². The van der Waals surface area contributed by atoms with Crippen LogP contribution in [-0.4, -0.2) is 30.4 Å². The zero-order valence-electron chi connectivity index (χ0n) is 16.9. The van der Waals surface area contributed by atoms with Gasteiger partial charge in [0.05, 0.1) is 13.0 Å². The minimum absolute atomic E-state index is 0.0219. The molecule has 1 unspecified atom stereocenters. The van der Waals surface area contributed by atoms with Gasteiger partial charge in [0.15, 0.2) is 0 Å². The van der Waals surface area contributed by atoms with Crippen molar-refractivity contribution in [2.24, 2.45) is 5.92 Å². The van der Waals surface area contributed by atoms with Gasteiger partial charge in [-0.1, -0.05) is 26.0 Å². The number of hydrogen-bond acceptors (Lipinski definition) is 5. The van der Waals surface area contributed by atoms with Gasteiger partial charge in [0.2, 0.25) is 0 Å². The van der Waals surface area contributed by atoms with E-state index in [1.54, 1.807) is 0 Å². The Morgan fingerprint density at radius 2 is 2.17 bits per heavy atom. The Kier molecular flexibility index (Phi) is 6.75. The average molecular weight is 396 g/mol. The number of carbonyl (C=O) groups is 1. The fraction of sp³-hybridized carbons (Fsp3) is 0.391. The molecule has 0 spiro atoms. The number of ether oxygens (including phenoxy) is 2. The molecular formula is C23H28N2O4. The number of benzene rings is 2. The first-order valence-corrected chi connectivity index (χ1v) is 9.95. The summed E-state index contributed by atoms with van der Waals surface area (Å²) in [5, 5.41) is 20.1. The number of anilines is 1. The van der Waals surface area contributed by atoms with Crippen molar-refractivity contribution in [2.75, 3.05) is 18.5 Å². The first-order valence-electron chi connectivity index (χ1n) is 9.95. The molecule has 2 aromatic rings. The minimum atomic E-state index is -0.795. The van der Waals surface area contributed by atoms with Crippen molar-refractivity contribution in [2.45, 2.75) is 39.2 Å². The van der Waals surface area contributed by atoms with Crippen LogP contribution < -0.4 is 14.8 Å². The van der Waals surface area contributed by atoms with Gasteiger partial charge < -0.3 is 25.3 Å². The molecule has 2 aromatic carbocycles. The second-order valence-corrected chi connectivity index (χ2v) is 7.76. The van der Waals surface area contributed by atoms with Crippen molar-refractivity contribution in [1.82, 2.24) is 0 Å². The monoisotopic (exact) mass is 396 g/mol. The zero-order chi connectivity index (χ0) is 20.8. The maximum Gasteiger partial charge on any atom is 0.303 e. The highest BCUT2D eigenvalue weighted by atomic mass is 16.5. The van der Waals surface area contributed by atoms with Crippen LogP contribution in [0.3, 0.4) is 0 Å². The maximum atomic E-state index is 11.1. The molecule has 0 aliphatic carbocycles. The van der Waals surface area contributed by atoms with Crippen LogP contribution in [-0.2, 0) is 11.4 Å². The van der Waals surface area contributed by atoms with E-state index >= 15 is 0 Å². The van der Waals surface area contributed by atoms with Gasteiger partial charge in [-0.15, -0.1) is 0 Å². The molecule has 6 nitrogen and oxygen atoms in total. The van der Waals surface area contributed by atoms with Crippen molar-refractivity contribution >= 4 is 17.9 Å². The molecule has 0 radical (unpaired) electrons. The number of hydrogen-bond donors (Lipinski definition) is 3. The average Bonchev–Trinajstić information content (AvgIpc) is 2.70. The lowest BCUT2D eigenvalue weighted by molar-refractivity contribution is -0.137. The summed E-state index contributed by atoms with van der Waals surface area (Å²) < 4.78 is 11.6. The zero-order valence-corrected chi connectivity index (χ0v) is 16.9. The van der Waals surface area contributed by atoms with E-state index in [9.17, 15) is 4.79 Å². The molecule has 0 saturated carbocycles. The van der Waals surface area contributed by atoms with E-state index in [1.807, 2.05) is 36.4 Å². The van der Waals surface area contributed by atoms with E-state index in [-0.39, 0.29) is 12.3 Å². The molecule has 0 fully saturated rings. The summed E-state index contributed by atoms with van der Waals surface area (Å²) in [6.07, 6.45) is 2.17. The summed E-state index contributed by atoms with van der Waals surface area (Å²) in [4.78, 5) is 11.1. The number of aliphatic carboxylic acids is 1. The van der Waals surface area contributed by atoms with Gasteiger partial charge in [0, 0.05) is 36.0 Å². The second kappa shape index (κ2) is 9.45. The summed E-state index contributed by atoms with van der Waals surface area (Å²) in [6, 6.07) is 11.5. The Bertz CT molecular complexity index is 879. The normalized spacial score (nSPS) is 15.3. The van der Waals surface area contributed by atoms with Crippen molar-refractivity contribution in [1.29, 1.82) is 5.41 Å². The highest BCUT2D eigenvalue weighted by Gasteiger charge is 2.24. The fourth-order valence-corrected chi connectivity index (χ4v) is 3.42. The van der Waals surface area contributed by atoms with E-state index < -0.39 is 5.97 Å². The minimum Gasteiger partial charge on any atom is -0.493 e. The first-order chi connectivity index (χ1) is 14.0. The maximum absolute atomic E-state index is 11.1. The summed E-state index contributed by atoms with van der Waals surface area (Å²) >= 11 is 0. The molecule has 154 valence electrons. The summed E-state index contributed by atoms with van der Waals surface area (Å²) in [6.45, 7) is 6.04. The number of fused-ring (bicyclic) bond motifs is 1. The molecule has 0 aromatic heterocycles. The van der Waals surface area contributed by atoms with Crippen molar-refractivity contribution in [3.8, 4) is 11.5 Å². The Morgan fingerprint density at radius 3 is 2.90 bits per heavy atom. The molecule has 6 heteroatoms. The molecular weight excluding hydrogens is 368 g/mol. The predicted molar refractivity (Wildman–Crippen MR) is 114 cm³/mol. The molecule has 1 aliphatic rings. The van der Waals surface area contributed by atoms with Crippen LogP contribution in [0.25, 0.3) is 0 Å². The van der Waals surface area contributed by atoms with Gasteiger partial charge in [0.25, 0.3) is 0 Å². The fourth-order valence-electron chi connectivity index (χ4n) is 3.42. The Balaban J connectivity index is 1.67. The Morgan fingerprint density at radius 1 is 1.34 bits per heavy atom. The number of rotatable bonds is 9. The molecule has 0 bridgehead atoms. The van der Waals surface area contributed by atoms with Crippen LogP contribution in [0, 0.1) is 11.3 Å². The van der Waals surface area contributed by atoms with Crippen molar-refractivity contribution in [3.63, 3.8) is 0 Å². The molecule has 3 N–H and O–H groups in total. The van der Waals surface area contributed by atoms with Crippen LogP contribution in [0.2, 0.25) is 0 Å². The second-order valence-electron chi connectivity index (χ2n) is 7.76. The highest BCUT2D eigenvalue weighted by molar-refractivity contribution is 5.86. The third-order valence-corrected chi connectivity index (χ3v) is 4.95. The molecule has 1 aliphatic heterocycles. The van der Waals surface area contributed by atoms with Gasteiger partial charge in [-0.3, -0.25) is 4.79 Å². The van der Waals surface area contributed by atoms with E-state index in [1.165, 1.54) is 6.21 Å². The Labute approximate surface area is 171 Å². The van der Waals surface area contributed by atoms with Gasteiger partial charge in [-0.2, -0.15) is 0 Å². The number of carboxylic acids is 1. The van der Waals surface area contributed by atoms with E-state index in [4.69, 9.17) is 20.0 Å². The van der Waals surface area contributed by atoms with Crippen molar-refractivity contribution < 1.29 is 19.4 Å². The lowest BCUT2D eigenvalue weighted by Crippen LogP contribution is -2.17. The quantitative estimate of drug-likeness (QED) is 0.536. The molecule has 0 amide bonds. The van der Waals surface area contributed by atoms with Gasteiger partial charge in [-0.25, -0.2) is 0 Å². The third kappa shape index (κ3) is 5.50. The first kappa shape index (κ1) is 20.7. The molecule has 1 atom stereocenters. The molecule has 0 saturated heterocycles. The summed E-state index contributed by atoms with van der Waals surface area (Å²) in [5.74, 6) is 1.09. The van der Waals surface area contributed by atoms with Crippen LogP contribution in [0.1, 0.15) is 49.3 Å².